The molecule has 0 unspecified atom stereocenters. The number of aliphatic hydroxyl groups excluding tert-OH is 1. The number of fused-ring (bicyclic) bond motifs is 1. The minimum atomic E-state index is -0.614. The van der Waals surface area contributed by atoms with Crippen molar-refractivity contribution in [2.75, 3.05) is 5.32 Å². The minimum absolute atomic E-state index is 0.0471. The van der Waals surface area contributed by atoms with Crippen molar-refractivity contribution in [2.24, 2.45) is 7.05 Å². The van der Waals surface area contributed by atoms with E-state index in [0.29, 0.717) is 17.9 Å². The summed E-state index contributed by atoms with van der Waals surface area (Å²) in [7, 11) is 1.65. The molecular weight excluding hydrogens is 272 g/mol. The van der Waals surface area contributed by atoms with Gasteiger partial charge in [0.25, 0.3) is 0 Å². The van der Waals surface area contributed by atoms with Crippen molar-refractivity contribution in [1.29, 1.82) is 0 Å². The Morgan fingerprint density at radius 2 is 2.19 bits per heavy atom. The van der Waals surface area contributed by atoms with Crippen molar-refractivity contribution in [3.05, 3.63) is 51.2 Å². The predicted molar refractivity (Wildman–Crippen MR) is 77.1 cm³/mol. The molecule has 0 spiro atoms. The Hall–Kier alpha value is -2.41. The molecule has 0 amide bonds. The zero-order chi connectivity index (χ0) is 15.1. The lowest BCUT2D eigenvalue weighted by atomic mass is 10.1. The highest BCUT2D eigenvalue weighted by atomic mass is 16.6. The Labute approximate surface area is 121 Å². The number of anilines is 1. The summed E-state index contributed by atoms with van der Waals surface area (Å²) in [6.45, 7) is 1.60. The van der Waals surface area contributed by atoms with Crippen molar-refractivity contribution < 1.29 is 10.0 Å². The fraction of sp³-hybridized carbons (Fsp3) is 0.357. The number of aliphatic hydroxyl groups is 1. The molecule has 1 aromatic heterocycles. The average molecular weight is 288 g/mol. The molecule has 0 saturated heterocycles. The van der Waals surface area contributed by atoms with E-state index in [1.165, 1.54) is 4.68 Å². The SMILES string of the molecule is Cc1nn(C)c(N[C@@H]2c3ccccc3C[C@@H]2O)c1[N+](=O)[O-]. The summed E-state index contributed by atoms with van der Waals surface area (Å²) >= 11 is 0. The van der Waals surface area contributed by atoms with Crippen LogP contribution in [0.4, 0.5) is 11.5 Å². The fourth-order valence-electron chi connectivity index (χ4n) is 2.92. The number of hydrogen-bond acceptors (Lipinski definition) is 5. The predicted octanol–water partition coefficient (Wildman–Crippen LogP) is 1.71. The topological polar surface area (TPSA) is 93.2 Å². The van der Waals surface area contributed by atoms with Gasteiger partial charge in [-0.25, -0.2) is 4.68 Å². The molecule has 21 heavy (non-hydrogen) atoms. The van der Waals surface area contributed by atoms with Crippen LogP contribution in [0.1, 0.15) is 22.9 Å². The quantitative estimate of drug-likeness (QED) is 0.662. The van der Waals surface area contributed by atoms with Gasteiger partial charge in [-0.05, 0) is 18.1 Å². The average Bonchev–Trinajstić information content (AvgIpc) is 2.88. The lowest BCUT2D eigenvalue weighted by Crippen LogP contribution is -2.22. The van der Waals surface area contributed by atoms with Crippen LogP contribution < -0.4 is 5.32 Å². The lowest BCUT2D eigenvalue weighted by molar-refractivity contribution is -0.384. The monoisotopic (exact) mass is 288 g/mol. The zero-order valence-corrected chi connectivity index (χ0v) is 11.8. The highest BCUT2D eigenvalue weighted by Crippen LogP contribution is 2.37. The molecule has 2 atom stereocenters. The minimum Gasteiger partial charge on any atom is -0.390 e. The summed E-state index contributed by atoms with van der Waals surface area (Å²) in [5.74, 6) is 0.318. The Morgan fingerprint density at radius 1 is 1.48 bits per heavy atom. The molecule has 1 heterocycles. The zero-order valence-electron chi connectivity index (χ0n) is 11.8. The van der Waals surface area contributed by atoms with Crippen molar-refractivity contribution >= 4 is 11.5 Å². The van der Waals surface area contributed by atoms with E-state index >= 15 is 0 Å². The highest BCUT2D eigenvalue weighted by molar-refractivity contribution is 5.61. The Kier molecular flexibility index (Phi) is 3.13. The first-order valence-corrected chi connectivity index (χ1v) is 6.69. The first-order chi connectivity index (χ1) is 9.99. The van der Waals surface area contributed by atoms with Gasteiger partial charge in [-0.1, -0.05) is 24.3 Å². The first kappa shape index (κ1) is 13.6. The number of benzene rings is 1. The van der Waals surface area contributed by atoms with Gasteiger partial charge in [-0.2, -0.15) is 5.10 Å². The van der Waals surface area contributed by atoms with Crippen LogP contribution in [0.5, 0.6) is 0 Å². The number of aromatic nitrogens is 2. The maximum atomic E-state index is 11.2. The molecule has 2 N–H and O–H groups in total. The third-order valence-electron chi connectivity index (χ3n) is 3.87. The fourth-order valence-corrected chi connectivity index (χ4v) is 2.92. The van der Waals surface area contributed by atoms with Gasteiger partial charge >= 0.3 is 5.69 Å². The second kappa shape index (κ2) is 4.85. The van der Waals surface area contributed by atoms with Gasteiger partial charge in [0.1, 0.15) is 5.69 Å². The number of nitrogens with one attached hydrogen (secondary N) is 1. The van der Waals surface area contributed by atoms with Crippen molar-refractivity contribution in [3.63, 3.8) is 0 Å². The van der Waals surface area contributed by atoms with Gasteiger partial charge in [-0.3, -0.25) is 10.1 Å². The van der Waals surface area contributed by atoms with Crippen molar-refractivity contribution in [3.8, 4) is 0 Å². The maximum absolute atomic E-state index is 11.2. The largest absolute Gasteiger partial charge is 0.390 e. The summed E-state index contributed by atoms with van der Waals surface area (Å²) in [6.07, 6.45) is -0.0735. The maximum Gasteiger partial charge on any atom is 0.333 e. The normalized spacial score (nSPS) is 20.3. The number of rotatable bonds is 3. The van der Waals surface area contributed by atoms with E-state index in [2.05, 4.69) is 10.4 Å². The van der Waals surface area contributed by atoms with Crippen LogP contribution in [-0.4, -0.2) is 25.9 Å². The third-order valence-corrected chi connectivity index (χ3v) is 3.87. The number of hydrogen-bond donors (Lipinski definition) is 2. The van der Waals surface area contributed by atoms with E-state index < -0.39 is 11.0 Å². The van der Waals surface area contributed by atoms with Gasteiger partial charge in [0.15, 0.2) is 0 Å². The number of nitro groups is 1. The number of aryl methyl sites for hydroxylation is 2. The first-order valence-electron chi connectivity index (χ1n) is 6.69. The van der Waals surface area contributed by atoms with Crippen LogP contribution in [0.2, 0.25) is 0 Å². The van der Waals surface area contributed by atoms with Crippen LogP contribution in [0.3, 0.4) is 0 Å². The number of nitrogens with zero attached hydrogens (tertiary/aromatic N) is 3. The van der Waals surface area contributed by atoms with Gasteiger partial charge in [0.2, 0.25) is 5.82 Å². The van der Waals surface area contributed by atoms with Gasteiger partial charge in [-0.15, -0.1) is 0 Å². The van der Waals surface area contributed by atoms with E-state index in [-0.39, 0.29) is 11.7 Å². The third kappa shape index (κ3) is 2.15. The molecule has 0 saturated carbocycles. The molecule has 0 fully saturated rings. The Morgan fingerprint density at radius 3 is 2.90 bits per heavy atom. The van der Waals surface area contributed by atoms with E-state index in [1.807, 2.05) is 24.3 Å². The van der Waals surface area contributed by atoms with Crippen LogP contribution in [0.25, 0.3) is 0 Å². The molecule has 2 aromatic rings. The van der Waals surface area contributed by atoms with E-state index in [4.69, 9.17) is 0 Å². The van der Waals surface area contributed by atoms with Crippen molar-refractivity contribution in [1.82, 2.24) is 9.78 Å². The molecule has 110 valence electrons. The molecule has 1 aliphatic carbocycles. The van der Waals surface area contributed by atoms with Crippen LogP contribution in [-0.2, 0) is 13.5 Å². The van der Waals surface area contributed by atoms with E-state index in [9.17, 15) is 15.2 Å². The van der Waals surface area contributed by atoms with Gasteiger partial charge < -0.3 is 10.4 Å². The molecule has 0 aliphatic heterocycles. The van der Waals surface area contributed by atoms with E-state index in [1.54, 1.807) is 14.0 Å². The smallest absolute Gasteiger partial charge is 0.333 e. The highest BCUT2D eigenvalue weighted by Gasteiger charge is 2.34. The Balaban J connectivity index is 2.00. The molecule has 7 heteroatoms. The van der Waals surface area contributed by atoms with Crippen LogP contribution in [0.15, 0.2) is 24.3 Å². The second-order valence-electron chi connectivity index (χ2n) is 5.26. The lowest BCUT2D eigenvalue weighted by Gasteiger charge is -2.18. The van der Waals surface area contributed by atoms with Crippen molar-refractivity contribution in [2.45, 2.75) is 25.5 Å². The van der Waals surface area contributed by atoms with Gasteiger partial charge in [0, 0.05) is 13.5 Å². The summed E-state index contributed by atoms with van der Waals surface area (Å²) in [4.78, 5) is 10.8. The van der Waals surface area contributed by atoms with E-state index in [0.717, 1.165) is 11.1 Å². The van der Waals surface area contributed by atoms with Crippen LogP contribution in [0, 0.1) is 17.0 Å². The Bertz CT molecular complexity index is 710. The standard InChI is InChI=1S/C14H16N4O3/c1-8-13(18(20)21)14(17(2)16-8)15-12-10-6-4-3-5-9(10)7-11(12)19/h3-6,11-12,15,19H,7H2,1-2H3/t11-,12+/m0/s1. The molecular formula is C14H16N4O3. The molecule has 1 aliphatic rings. The van der Waals surface area contributed by atoms with Crippen LogP contribution >= 0.6 is 0 Å². The molecule has 7 nitrogen and oxygen atoms in total. The second-order valence-corrected chi connectivity index (χ2v) is 5.26. The summed E-state index contributed by atoms with van der Waals surface area (Å²) < 4.78 is 1.45. The molecule has 0 bridgehead atoms. The summed E-state index contributed by atoms with van der Waals surface area (Å²) in [5, 5.41) is 28.6. The molecule has 0 radical (unpaired) electrons. The molecule has 1 aromatic carbocycles. The summed E-state index contributed by atoms with van der Waals surface area (Å²) in [5.41, 5.74) is 2.34. The van der Waals surface area contributed by atoms with Gasteiger partial charge in [0.05, 0.1) is 17.1 Å². The molecule has 3 rings (SSSR count). The summed E-state index contributed by atoms with van der Waals surface area (Å²) in [6, 6.07) is 7.34.